The third-order valence-electron chi connectivity index (χ3n) is 5.43. The maximum atomic E-state index is 13.4. The molecule has 3 nitrogen and oxygen atoms in total. The zero-order valence-corrected chi connectivity index (χ0v) is 18.5. The minimum absolute atomic E-state index is 0.0684. The van der Waals surface area contributed by atoms with Crippen molar-refractivity contribution in [2.75, 3.05) is 18.1 Å². The van der Waals surface area contributed by atoms with Gasteiger partial charge in [-0.2, -0.15) is 13.2 Å². The number of anilines is 2. The normalized spacial score (nSPS) is 13.2. The zero-order chi connectivity index (χ0) is 22.0. The molecule has 0 aliphatic carbocycles. The van der Waals surface area contributed by atoms with Crippen LogP contribution in [0.4, 0.5) is 24.5 Å². The van der Waals surface area contributed by atoms with Gasteiger partial charge in [-0.15, -0.1) is 0 Å². The highest BCUT2D eigenvalue weighted by atomic mass is 28.4. The lowest BCUT2D eigenvalue weighted by Gasteiger charge is -2.35. The van der Waals surface area contributed by atoms with Crippen LogP contribution in [0, 0.1) is 0 Å². The average molecular weight is 423 g/mol. The van der Waals surface area contributed by atoms with E-state index in [-0.39, 0.29) is 16.3 Å². The average Bonchev–Trinajstić information content (AvgIpc) is 2.60. The van der Waals surface area contributed by atoms with Gasteiger partial charge < -0.3 is 15.9 Å². The van der Waals surface area contributed by atoms with Gasteiger partial charge in [0.1, 0.15) is 0 Å². The second-order valence-corrected chi connectivity index (χ2v) is 13.4. The quantitative estimate of drug-likeness (QED) is 0.423. The van der Waals surface area contributed by atoms with E-state index < -0.39 is 20.1 Å². The molecule has 158 valence electrons. The molecule has 0 saturated carbocycles. The van der Waals surface area contributed by atoms with Gasteiger partial charge in [0.25, 0.3) is 0 Å². The summed E-state index contributed by atoms with van der Waals surface area (Å²) in [5.41, 5.74) is 12.9. The van der Waals surface area contributed by atoms with Gasteiger partial charge in [-0.1, -0.05) is 51.1 Å². The molecule has 2 aromatic carbocycles. The summed E-state index contributed by atoms with van der Waals surface area (Å²) in [4.78, 5) is 0. The molecule has 0 aliphatic heterocycles. The van der Waals surface area contributed by atoms with Gasteiger partial charge in [-0.05, 0) is 53.0 Å². The molecule has 0 saturated heterocycles. The number of hydrogen-bond donors (Lipinski definition) is 2. The second kappa shape index (κ2) is 8.24. The fraction of sp³-hybridized carbons (Fsp3) is 0.364. The molecule has 0 amide bonds. The van der Waals surface area contributed by atoms with Crippen molar-refractivity contribution in [3.8, 4) is 11.1 Å². The molecule has 0 fully saturated rings. The summed E-state index contributed by atoms with van der Waals surface area (Å²) >= 11 is 0. The summed E-state index contributed by atoms with van der Waals surface area (Å²) in [6, 6.07) is 8.53. The van der Waals surface area contributed by atoms with Crippen LogP contribution in [0.2, 0.25) is 18.1 Å². The zero-order valence-electron chi connectivity index (χ0n) is 17.5. The Kier molecular flexibility index (Phi) is 6.54. The molecule has 0 aromatic heterocycles. The van der Waals surface area contributed by atoms with E-state index in [4.69, 9.17) is 15.9 Å². The fourth-order valence-corrected chi connectivity index (χ4v) is 3.57. The van der Waals surface area contributed by atoms with Crippen molar-refractivity contribution in [2.45, 2.75) is 45.1 Å². The Morgan fingerprint density at radius 3 is 2.24 bits per heavy atom. The molecule has 7 heteroatoms. The number of alkyl halides is 3. The number of nitrogen functional groups attached to an aromatic ring is 2. The highest BCUT2D eigenvalue weighted by Gasteiger charge is 2.36. The first-order valence-corrected chi connectivity index (χ1v) is 12.3. The van der Waals surface area contributed by atoms with Crippen LogP contribution >= 0.6 is 0 Å². The first-order valence-electron chi connectivity index (χ1n) is 9.40. The Bertz CT molecular complexity index is 900. The van der Waals surface area contributed by atoms with Crippen molar-refractivity contribution < 1.29 is 17.6 Å². The van der Waals surface area contributed by atoms with E-state index >= 15 is 0 Å². The summed E-state index contributed by atoms with van der Waals surface area (Å²) in [5, 5.41) is 0.0888. The van der Waals surface area contributed by atoms with Gasteiger partial charge in [0, 0.05) is 0 Å². The predicted octanol–water partition coefficient (Wildman–Crippen LogP) is 6.57. The number of hydrogen-bond acceptors (Lipinski definition) is 3. The molecule has 29 heavy (non-hydrogen) atoms. The number of benzene rings is 2. The molecule has 0 unspecified atom stereocenters. The monoisotopic (exact) mass is 422 g/mol. The Morgan fingerprint density at radius 1 is 1.03 bits per heavy atom. The topological polar surface area (TPSA) is 61.3 Å². The first kappa shape index (κ1) is 23.0. The maximum Gasteiger partial charge on any atom is 0.417 e. The molecular formula is C22H29F3N2OSi. The van der Waals surface area contributed by atoms with Crippen molar-refractivity contribution in [3.05, 3.63) is 53.6 Å². The van der Waals surface area contributed by atoms with E-state index in [1.807, 2.05) is 6.08 Å². The summed E-state index contributed by atoms with van der Waals surface area (Å²) < 4.78 is 46.3. The Balaban J connectivity index is 2.34. The van der Waals surface area contributed by atoms with Crippen LogP contribution in [0.15, 0.2) is 42.5 Å². The predicted molar refractivity (Wildman–Crippen MR) is 118 cm³/mol. The highest BCUT2D eigenvalue weighted by molar-refractivity contribution is 6.74. The van der Waals surface area contributed by atoms with Gasteiger partial charge in [-0.25, -0.2) is 0 Å². The van der Waals surface area contributed by atoms with E-state index in [2.05, 4.69) is 33.9 Å². The van der Waals surface area contributed by atoms with Crippen molar-refractivity contribution in [1.82, 2.24) is 0 Å². The van der Waals surface area contributed by atoms with Gasteiger partial charge >= 0.3 is 6.18 Å². The minimum atomic E-state index is -4.46. The Hall–Kier alpha value is -2.25. The molecule has 2 aromatic rings. The summed E-state index contributed by atoms with van der Waals surface area (Å²) in [7, 11) is -1.89. The first-order chi connectivity index (χ1) is 13.2. The van der Waals surface area contributed by atoms with E-state index in [1.54, 1.807) is 18.2 Å². The van der Waals surface area contributed by atoms with Gasteiger partial charge in [0.05, 0.1) is 23.5 Å². The third-order valence-corrected chi connectivity index (χ3v) is 9.93. The summed E-state index contributed by atoms with van der Waals surface area (Å²) in [6.45, 7) is 11.2. The van der Waals surface area contributed by atoms with E-state index in [9.17, 15) is 13.2 Å². The molecule has 0 heterocycles. The molecule has 0 radical (unpaired) electrons. The number of halogens is 3. The van der Waals surface area contributed by atoms with Crippen molar-refractivity contribution in [1.29, 1.82) is 0 Å². The van der Waals surface area contributed by atoms with Crippen LogP contribution < -0.4 is 11.5 Å². The minimum Gasteiger partial charge on any atom is -0.413 e. The van der Waals surface area contributed by atoms with E-state index in [0.29, 0.717) is 23.4 Å². The molecular weight excluding hydrogens is 393 g/mol. The lowest BCUT2D eigenvalue weighted by atomic mass is 9.96. The number of nitrogens with two attached hydrogens (primary N) is 2. The van der Waals surface area contributed by atoms with Crippen molar-refractivity contribution in [3.63, 3.8) is 0 Å². The third kappa shape index (κ3) is 5.42. The lowest BCUT2D eigenvalue weighted by Crippen LogP contribution is -2.40. The Labute approximate surface area is 171 Å². The molecule has 2 rings (SSSR count). The van der Waals surface area contributed by atoms with E-state index in [0.717, 1.165) is 6.07 Å². The van der Waals surface area contributed by atoms with Crippen LogP contribution in [-0.2, 0) is 10.6 Å². The Morgan fingerprint density at radius 2 is 1.66 bits per heavy atom. The van der Waals surface area contributed by atoms with Gasteiger partial charge in [0.15, 0.2) is 8.32 Å². The molecule has 0 spiro atoms. The maximum absolute atomic E-state index is 13.4. The van der Waals surface area contributed by atoms with Crippen LogP contribution in [0.5, 0.6) is 0 Å². The van der Waals surface area contributed by atoms with Crippen molar-refractivity contribution >= 4 is 25.8 Å². The summed E-state index contributed by atoms with van der Waals surface area (Å²) in [5.74, 6) is 0. The number of rotatable bonds is 5. The largest absolute Gasteiger partial charge is 0.417 e. The lowest BCUT2D eigenvalue weighted by molar-refractivity contribution is -0.137. The molecule has 4 N–H and O–H groups in total. The molecule has 0 aliphatic rings. The fourth-order valence-electron chi connectivity index (χ4n) is 2.62. The van der Waals surface area contributed by atoms with Gasteiger partial charge in [-0.3, -0.25) is 0 Å². The smallest absolute Gasteiger partial charge is 0.413 e. The standard InChI is InChI=1S/C22H29F3N2OSi/c1-21(2,3)29(4,5)28-12-8-9-15-13-16(14-19(26)20(15)27)17-10-6-7-11-18(17)22(23,24)25/h6-11,13-14H,12,26-27H2,1-5H3. The molecule has 0 bridgehead atoms. The van der Waals surface area contributed by atoms with Crippen molar-refractivity contribution in [2.24, 2.45) is 0 Å². The van der Waals surface area contributed by atoms with Crippen LogP contribution in [0.3, 0.4) is 0 Å². The van der Waals surface area contributed by atoms with Gasteiger partial charge in [0.2, 0.25) is 0 Å². The second-order valence-electron chi connectivity index (χ2n) is 8.59. The SMILES string of the molecule is CC(C)(C)[Si](C)(C)OCC=Cc1cc(-c2ccccc2C(F)(F)F)cc(N)c1N. The van der Waals surface area contributed by atoms with Crippen LogP contribution in [-0.4, -0.2) is 14.9 Å². The van der Waals surface area contributed by atoms with E-state index in [1.165, 1.54) is 18.2 Å². The van der Waals surface area contributed by atoms with Crippen LogP contribution in [0.1, 0.15) is 31.9 Å². The van der Waals surface area contributed by atoms with Crippen LogP contribution in [0.25, 0.3) is 17.2 Å². The molecule has 0 atom stereocenters. The highest BCUT2D eigenvalue weighted by Crippen LogP contribution is 2.39. The summed E-state index contributed by atoms with van der Waals surface area (Å²) in [6.07, 6.45) is -0.886.